The maximum Gasteiger partial charge on any atom is 0.248 e. The fourth-order valence-corrected chi connectivity index (χ4v) is 3.18. The Balaban J connectivity index is 1.78. The first-order valence-electron chi connectivity index (χ1n) is 7.40. The zero-order valence-electron chi connectivity index (χ0n) is 11.9. The third-order valence-electron chi connectivity index (χ3n) is 4.16. The Morgan fingerprint density at radius 1 is 1.32 bits per heavy atom. The smallest absolute Gasteiger partial charge is 0.248 e. The van der Waals surface area contributed by atoms with Crippen LogP contribution in [-0.4, -0.2) is 63.4 Å². The Morgan fingerprint density at radius 3 is 2.95 bits per heavy atom. The van der Waals surface area contributed by atoms with Gasteiger partial charge in [-0.15, -0.1) is 0 Å². The van der Waals surface area contributed by atoms with Gasteiger partial charge in [0.05, 0.1) is 13.2 Å². The highest BCUT2D eigenvalue weighted by Crippen LogP contribution is 2.28. The van der Waals surface area contributed by atoms with E-state index < -0.39 is 0 Å². The van der Waals surface area contributed by atoms with Gasteiger partial charge in [-0.3, -0.25) is 4.79 Å². The molecule has 1 N–H and O–H groups in total. The van der Waals surface area contributed by atoms with E-state index in [9.17, 15) is 4.79 Å². The van der Waals surface area contributed by atoms with Crippen molar-refractivity contribution in [2.24, 2.45) is 5.92 Å². The normalized spacial score (nSPS) is 27.7. The number of piperidine rings is 1. The summed E-state index contributed by atoms with van der Waals surface area (Å²) >= 11 is 0. The van der Waals surface area contributed by atoms with Crippen LogP contribution in [0.3, 0.4) is 0 Å². The summed E-state index contributed by atoms with van der Waals surface area (Å²) in [5, 5.41) is 3.45. The maximum atomic E-state index is 12.2. The van der Waals surface area contributed by atoms with Gasteiger partial charge in [-0.1, -0.05) is 0 Å². The molecule has 5 heteroatoms. The van der Waals surface area contributed by atoms with Crippen LogP contribution in [-0.2, 0) is 14.3 Å². The fraction of sp³-hybridized carbons (Fsp3) is 0.929. The van der Waals surface area contributed by atoms with E-state index in [0.29, 0.717) is 25.2 Å². The summed E-state index contributed by atoms with van der Waals surface area (Å²) in [4.78, 5) is 14.2. The van der Waals surface area contributed by atoms with Crippen molar-refractivity contribution in [2.75, 3.05) is 46.6 Å². The van der Waals surface area contributed by atoms with Crippen molar-refractivity contribution in [2.45, 2.75) is 31.7 Å². The zero-order valence-corrected chi connectivity index (χ0v) is 11.9. The number of hydrogen-bond donors (Lipinski definition) is 1. The van der Waals surface area contributed by atoms with Crippen LogP contribution in [0.4, 0.5) is 0 Å². The second-order valence-electron chi connectivity index (χ2n) is 5.45. The number of nitrogens with zero attached hydrogens (tertiary/aromatic N) is 1. The van der Waals surface area contributed by atoms with Crippen LogP contribution in [0, 0.1) is 5.92 Å². The summed E-state index contributed by atoms with van der Waals surface area (Å²) in [6, 6.07) is 0.423. The van der Waals surface area contributed by atoms with Crippen LogP contribution in [0.1, 0.15) is 25.7 Å². The molecule has 2 aliphatic heterocycles. The molecule has 2 saturated heterocycles. The third kappa shape index (κ3) is 4.16. The van der Waals surface area contributed by atoms with Gasteiger partial charge in [0.15, 0.2) is 0 Å². The highest BCUT2D eigenvalue weighted by molar-refractivity contribution is 5.78. The van der Waals surface area contributed by atoms with E-state index >= 15 is 0 Å². The van der Waals surface area contributed by atoms with Crippen LogP contribution >= 0.6 is 0 Å². The van der Waals surface area contributed by atoms with E-state index in [1.807, 2.05) is 4.90 Å². The van der Waals surface area contributed by atoms with Crippen molar-refractivity contribution >= 4 is 5.91 Å². The Morgan fingerprint density at radius 2 is 2.21 bits per heavy atom. The molecule has 2 rings (SSSR count). The molecule has 2 aliphatic rings. The van der Waals surface area contributed by atoms with Gasteiger partial charge < -0.3 is 19.7 Å². The molecule has 5 nitrogen and oxygen atoms in total. The fourth-order valence-electron chi connectivity index (χ4n) is 3.18. The lowest BCUT2D eigenvalue weighted by Crippen LogP contribution is -2.46. The highest BCUT2D eigenvalue weighted by atomic mass is 16.5. The molecule has 0 aromatic rings. The molecule has 2 atom stereocenters. The third-order valence-corrected chi connectivity index (χ3v) is 4.16. The quantitative estimate of drug-likeness (QED) is 0.720. The molecule has 2 unspecified atom stereocenters. The van der Waals surface area contributed by atoms with E-state index in [2.05, 4.69) is 5.32 Å². The summed E-state index contributed by atoms with van der Waals surface area (Å²) in [5.74, 6) is 0.767. The van der Waals surface area contributed by atoms with E-state index in [1.165, 1.54) is 12.8 Å². The Bertz CT molecular complexity index is 280. The molecule has 0 aliphatic carbocycles. The molecular formula is C14H26N2O3. The van der Waals surface area contributed by atoms with Crippen LogP contribution in [0.25, 0.3) is 0 Å². The lowest BCUT2D eigenvalue weighted by Gasteiger charge is -2.34. The number of nitrogens with one attached hydrogen (secondary N) is 1. The van der Waals surface area contributed by atoms with Crippen molar-refractivity contribution in [3.63, 3.8) is 0 Å². The molecule has 0 aromatic heterocycles. The molecule has 0 radical (unpaired) electrons. The predicted molar refractivity (Wildman–Crippen MR) is 73.0 cm³/mol. The second kappa shape index (κ2) is 7.82. The first-order valence-corrected chi connectivity index (χ1v) is 7.40. The highest BCUT2D eigenvalue weighted by Gasteiger charge is 2.34. The lowest BCUT2D eigenvalue weighted by molar-refractivity contribution is -0.138. The largest absolute Gasteiger partial charge is 0.382 e. The van der Waals surface area contributed by atoms with Gasteiger partial charge in [0.25, 0.3) is 0 Å². The Hall–Kier alpha value is -0.650. The molecular weight excluding hydrogens is 244 g/mol. The van der Waals surface area contributed by atoms with Crippen molar-refractivity contribution < 1.29 is 14.3 Å². The molecule has 19 heavy (non-hydrogen) atoms. The number of carbonyl (C=O) groups is 1. The van der Waals surface area contributed by atoms with Crippen molar-refractivity contribution in [1.82, 2.24) is 10.2 Å². The minimum atomic E-state index is 0.143. The van der Waals surface area contributed by atoms with Crippen LogP contribution in [0.2, 0.25) is 0 Å². The van der Waals surface area contributed by atoms with Gasteiger partial charge in [0.2, 0.25) is 5.91 Å². The van der Waals surface area contributed by atoms with Gasteiger partial charge in [-0.25, -0.2) is 0 Å². The van der Waals surface area contributed by atoms with Crippen LogP contribution in [0.5, 0.6) is 0 Å². The molecule has 0 saturated carbocycles. The van der Waals surface area contributed by atoms with Crippen LogP contribution in [0.15, 0.2) is 0 Å². The number of amides is 1. The zero-order chi connectivity index (χ0) is 13.5. The van der Waals surface area contributed by atoms with Gasteiger partial charge in [0.1, 0.15) is 6.61 Å². The molecule has 0 aromatic carbocycles. The average Bonchev–Trinajstić information content (AvgIpc) is 2.94. The summed E-state index contributed by atoms with van der Waals surface area (Å²) < 4.78 is 10.3. The second-order valence-corrected chi connectivity index (χ2v) is 5.45. The molecule has 2 heterocycles. The summed E-state index contributed by atoms with van der Waals surface area (Å²) in [7, 11) is 1.64. The Kier molecular flexibility index (Phi) is 6.07. The number of methoxy groups -OCH3 is 1. The first-order chi connectivity index (χ1) is 9.33. The summed E-state index contributed by atoms with van der Waals surface area (Å²) in [6.07, 6.45) is 4.75. The minimum Gasteiger partial charge on any atom is -0.382 e. The lowest BCUT2D eigenvalue weighted by atomic mass is 9.90. The summed E-state index contributed by atoms with van der Waals surface area (Å²) in [5.41, 5.74) is 0. The topological polar surface area (TPSA) is 50.8 Å². The predicted octanol–water partition coefficient (Wildman–Crippen LogP) is 0.640. The number of ether oxygens (including phenoxy) is 2. The van der Waals surface area contributed by atoms with Crippen molar-refractivity contribution in [3.8, 4) is 0 Å². The number of rotatable bonds is 6. The SMILES string of the molecule is COCCOCC(=O)N1CCCC1C1CCCNC1. The van der Waals surface area contributed by atoms with E-state index in [1.54, 1.807) is 7.11 Å². The van der Waals surface area contributed by atoms with Gasteiger partial charge in [0, 0.05) is 19.7 Å². The summed E-state index contributed by atoms with van der Waals surface area (Å²) in [6.45, 7) is 4.30. The number of carbonyl (C=O) groups excluding carboxylic acids is 1. The number of likely N-dealkylation sites (tertiary alicyclic amines) is 1. The Labute approximate surface area is 115 Å². The average molecular weight is 270 g/mol. The van der Waals surface area contributed by atoms with Crippen LogP contribution < -0.4 is 5.32 Å². The van der Waals surface area contributed by atoms with Crippen molar-refractivity contribution in [1.29, 1.82) is 0 Å². The van der Waals surface area contributed by atoms with Crippen molar-refractivity contribution in [3.05, 3.63) is 0 Å². The molecule has 1 amide bonds. The molecule has 0 spiro atoms. The molecule has 2 fully saturated rings. The van der Waals surface area contributed by atoms with Gasteiger partial charge in [-0.05, 0) is 44.7 Å². The van der Waals surface area contributed by atoms with Gasteiger partial charge in [-0.2, -0.15) is 0 Å². The van der Waals surface area contributed by atoms with E-state index in [0.717, 1.165) is 32.5 Å². The maximum absolute atomic E-state index is 12.2. The molecule has 0 bridgehead atoms. The van der Waals surface area contributed by atoms with E-state index in [4.69, 9.17) is 9.47 Å². The van der Waals surface area contributed by atoms with E-state index in [-0.39, 0.29) is 12.5 Å². The van der Waals surface area contributed by atoms with Gasteiger partial charge >= 0.3 is 0 Å². The monoisotopic (exact) mass is 270 g/mol. The number of hydrogen-bond acceptors (Lipinski definition) is 4. The first kappa shape index (κ1) is 14.8. The standard InChI is InChI=1S/C14H26N2O3/c1-18-8-9-19-11-14(17)16-7-3-5-13(16)12-4-2-6-15-10-12/h12-13,15H,2-11H2,1H3. The minimum absolute atomic E-state index is 0.143. The molecule has 110 valence electrons.